The Balaban J connectivity index is 2.22. The van der Waals surface area contributed by atoms with Gasteiger partial charge >= 0.3 is 0 Å². The second-order valence-corrected chi connectivity index (χ2v) is 3.66. The van der Waals surface area contributed by atoms with Crippen molar-refractivity contribution < 1.29 is 14.9 Å². The molecular formula is C11H14O3. The summed E-state index contributed by atoms with van der Waals surface area (Å²) in [5.74, 6) is 0.535. The first-order valence-electron chi connectivity index (χ1n) is 4.87. The Kier molecular flexibility index (Phi) is 2.59. The monoisotopic (exact) mass is 194 g/mol. The van der Waals surface area contributed by atoms with Crippen LogP contribution in [0.2, 0.25) is 0 Å². The average molecular weight is 194 g/mol. The van der Waals surface area contributed by atoms with E-state index in [0.29, 0.717) is 6.61 Å². The lowest BCUT2D eigenvalue weighted by Gasteiger charge is -2.23. The number of aromatic hydroxyl groups is 2. The van der Waals surface area contributed by atoms with E-state index in [9.17, 15) is 5.11 Å². The fourth-order valence-electron chi connectivity index (χ4n) is 1.86. The van der Waals surface area contributed by atoms with Gasteiger partial charge in [0.25, 0.3) is 0 Å². The molecule has 1 aliphatic heterocycles. The van der Waals surface area contributed by atoms with Crippen LogP contribution in [0.25, 0.3) is 0 Å². The molecule has 1 aliphatic rings. The van der Waals surface area contributed by atoms with E-state index in [1.54, 1.807) is 12.1 Å². The molecule has 0 bridgehead atoms. The first-order chi connectivity index (χ1) is 6.77. The molecule has 0 unspecified atom stereocenters. The molecular weight excluding hydrogens is 180 g/mol. The van der Waals surface area contributed by atoms with E-state index in [2.05, 4.69) is 0 Å². The molecule has 2 N–H and O–H groups in total. The molecule has 0 saturated carbocycles. The van der Waals surface area contributed by atoms with Crippen molar-refractivity contribution >= 4 is 0 Å². The second-order valence-electron chi connectivity index (χ2n) is 3.66. The van der Waals surface area contributed by atoms with Gasteiger partial charge in [-0.15, -0.1) is 0 Å². The van der Waals surface area contributed by atoms with Crippen LogP contribution in [-0.4, -0.2) is 23.4 Å². The van der Waals surface area contributed by atoms with Crippen LogP contribution < -0.4 is 0 Å². The highest BCUT2D eigenvalue weighted by Gasteiger charge is 2.18. The molecule has 0 aliphatic carbocycles. The van der Waals surface area contributed by atoms with Gasteiger partial charge in [-0.2, -0.15) is 0 Å². The number of phenolic OH excluding ortho intramolecular Hbond substituents is 2. The van der Waals surface area contributed by atoms with Crippen molar-refractivity contribution in [2.75, 3.05) is 13.2 Å². The Morgan fingerprint density at radius 2 is 2.14 bits per heavy atom. The zero-order chi connectivity index (χ0) is 9.97. The molecule has 0 amide bonds. The van der Waals surface area contributed by atoms with E-state index in [1.807, 2.05) is 0 Å². The first-order valence-corrected chi connectivity index (χ1v) is 4.87. The fourth-order valence-corrected chi connectivity index (χ4v) is 1.86. The van der Waals surface area contributed by atoms with E-state index in [1.165, 1.54) is 6.07 Å². The standard InChI is InChI=1S/C11H14O3/c12-9-3-4-10(11(13)6-9)8-2-1-5-14-7-8/h3-4,6,8,12-13H,1-2,5,7H2/t8-/m0/s1. The smallest absolute Gasteiger partial charge is 0.122 e. The average Bonchev–Trinajstić information content (AvgIpc) is 2.19. The summed E-state index contributed by atoms with van der Waals surface area (Å²) in [6.45, 7) is 1.48. The SMILES string of the molecule is Oc1ccc([C@H]2CCCOC2)c(O)c1. The highest BCUT2D eigenvalue weighted by atomic mass is 16.5. The van der Waals surface area contributed by atoms with E-state index >= 15 is 0 Å². The maximum Gasteiger partial charge on any atom is 0.122 e. The van der Waals surface area contributed by atoms with Crippen LogP contribution in [0.15, 0.2) is 18.2 Å². The summed E-state index contributed by atoms with van der Waals surface area (Å²) in [6, 6.07) is 4.75. The fraction of sp³-hybridized carbons (Fsp3) is 0.455. The van der Waals surface area contributed by atoms with Crippen molar-refractivity contribution in [2.45, 2.75) is 18.8 Å². The van der Waals surface area contributed by atoms with Gasteiger partial charge in [0.1, 0.15) is 11.5 Å². The van der Waals surface area contributed by atoms with Gasteiger partial charge in [-0.25, -0.2) is 0 Å². The van der Waals surface area contributed by atoms with Crippen LogP contribution >= 0.6 is 0 Å². The van der Waals surface area contributed by atoms with Crippen LogP contribution in [0.1, 0.15) is 24.3 Å². The van der Waals surface area contributed by atoms with Gasteiger partial charge in [0.2, 0.25) is 0 Å². The van der Waals surface area contributed by atoms with E-state index in [-0.39, 0.29) is 17.4 Å². The number of hydrogen-bond acceptors (Lipinski definition) is 3. The maximum atomic E-state index is 9.63. The van der Waals surface area contributed by atoms with E-state index < -0.39 is 0 Å². The third-order valence-corrected chi connectivity index (χ3v) is 2.61. The van der Waals surface area contributed by atoms with Crippen molar-refractivity contribution in [3.63, 3.8) is 0 Å². The van der Waals surface area contributed by atoms with Gasteiger partial charge in [0.15, 0.2) is 0 Å². The van der Waals surface area contributed by atoms with Crippen molar-refractivity contribution in [1.29, 1.82) is 0 Å². The van der Waals surface area contributed by atoms with Gasteiger partial charge in [-0.3, -0.25) is 0 Å². The minimum Gasteiger partial charge on any atom is -0.508 e. The van der Waals surface area contributed by atoms with E-state index in [0.717, 1.165) is 25.0 Å². The Morgan fingerprint density at radius 3 is 2.79 bits per heavy atom. The molecule has 0 aromatic heterocycles. The van der Waals surface area contributed by atoms with Crippen molar-refractivity contribution in [1.82, 2.24) is 0 Å². The lowest BCUT2D eigenvalue weighted by atomic mass is 9.93. The molecule has 14 heavy (non-hydrogen) atoms. The van der Waals surface area contributed by atoms with Gasteiger partial charge in [-0.05, 0) is 24.5 Å². The number of hydrogen-bond donors (Lipinski definition) is 2. The molecule has 1 aromatic rings. The first kappa shape index (κ1) is 9.34. The lowest BCUT2D eigenvalue weighted by Crippen LogP contribution is -2.15. The molecule has 1 atom stereocenters. The minimum absolute atomic E-state index is 0.1000. The highest BCUT2D eigenvalue weighted by molar-refractivity contribution is 5.41. The van der Waals surface area contributed by atoms with Crippen molar-refractivity contribution in [2.24, 2.45) is 0 Å². The van der Waals surface area contributed by atoms with Crippen LogP contribution in [-0.2, 0) is 4.74 Å². The lowest BCUT2D eigenvalue weighted by molar-refractivity contribution is 0.0797. The van der Waals surface area contributed by atoms with Crippen molar-refractivity contribution in [3.8, 4) is 11.5 Å². The summed E-state index contributed by atoms with van der Waals surface area (Å²) in [5, 5.41) is 18.8. The molecule has 3 nitrogen and oxygen atoms in total. The largest absolute Gasteiger partial charge is 0.508 e. The topological polar surface area (TPSA) is 49.7 Å². The highest BCUT2D eigenvalue weighted by Crippen LogP contribution is 2.33. The number of rotatable bonds is 1. The number of phenols is 2. The molecule has 76 valence electrons. The third-order valence-electron chi connectivity index (χ3n) is 2.61. The van der Waals surface area contributed by atoms with Gasteiger partial charge in [0, 0.05) is 18.6 Å². The summed E-state index contributed by atoms with van der Waals surface area (Å²) < 4.78 is 5.35. The molecule has 2 rings (SSSR count). The summed E-state index contributed by atoms with van der Waals surface area (Å²) in [7, 11) is 0. The van der Waals surface area contributed by atoms with Gasteiger partial charge < -0.3 is 14.9 Å². The molecule has 0 spiro atoms. The Labute approximate surface area is 83.0 Å². The number of benzene rings is 1. The van der Waals surface area contributed by atoms with E-state index in [4.69, 9.17) is 9.84 Å². The zero-order valence-electron chi connectivity index (χ0n) is 7.94. The summed E-state index contributed by atoms with van der Waals surface area (Å²) in [5.41, 5.74) is 0.877. The number of ether oxygens (including phenoxy) is 1. The predicted molar refractivity (Wildman–Crippen MR) is 52.6 cm³/mol. The van der Waals surface area contributed by atoms with Gasteiger partial charge in [-0.1, -0.05) is 6.07 Å². The molecule has 3 heteroatoms. The Morgan fingerprint density at radius 1 is 1.29 bits per heavy atom. The molecule has 1 saturated heterocycles. The normalized spacial score (nSPS) is 22.1. The second kappa shape index (κ2) is 3.88. The van der Waals surface area contributed by atoms with Crippen LogP contribution in [0, 0.1) is 0 Å². The minimum atomic E-state index is 0.1000. The molecule has 1 aromatic carbocycles. The summed E-state index contributed by atoms with van der Waals surface area (Å²) >= 11 is 0. The maximum absolute atomic E-state index is 9.63. The Hall–Kier alpha value is -1.22. The molecule has 1 heterocycles. The zero-order valence-corrected chi connectivity index (χ0v) is 7.94. The van der Waals surface area contributed by atoms with Crippen LogP contribution in [0.5, 0.6) is 11.5 Å². The molecule has 1 fully saturated rings. The predicted octanol–water partition coefficient (Wildman–Crippen LogP) is 1.99. The molecule has 0 radical (unpaired) electrons. The summed E-state index contributed by atoms with van der Waals surface area (Å²) in [6.07, 6.45) is 2.07. The Bertz CT molecular complexity index is 316. The van der Waals surface area contributed by atoms with Crippen LogP contribution in [0.4, 0.5) is 0 Å². The summed E-state index contributed by atoms with van der Waals surface area (Å²) in [4.78, 5) is 0. The van der Waals surface area contributed by atoms with Crippen LogP contribution in [0.3, 0.4) is 0 Å². The van der Waals surface area contributed by atoms with Crippen molar-refractivity contribution in [3.05, 3.63) is 23.8 Å². The van der Waals surface area contributed by atoms with Gasteiger partial charge in [0.05, 0.1) is 6.61 Å². The third kappa shape index (κ3) is 1.82. The quantitative estimate of drug-likeness (QED) is 0.718.